The topological polar surface area (TPSA) is 79.8 Å². The van der Waals surface area contributed by atoms with E-state index in [2.05, 4.69) is 25.1 Å². The molecule has 1 N–H and O–H groups in total. The zero-order valence-electron chi connectivity index (χ0n) is 16.3. The molecule has 15 heteroatoms. The van der Waals surface area contributed by atoms with E-state index in [4.69, 9.17) is 16.3 Å². The smallest absolute Gasteiger partial charge is 0.378 e. The van der Waals surface area contributed by atoms with Gasteiger partial charge in [-0.2, -0.15) is 26.3 Å². The van der Waals surface area contributed by atoms with Crippen LogP contribution in [0.4, 0.5) is 32.2 Å². The number of H-pyrrole nitrogens is 1. The Bertz CT molecular complexity index is 1120. The molecule has 0 unspecified atom stereocenters. The fourth-order valence-electron chi connectivity index (χ4n) is 3.00. The average molecular weight is 511 g/mol. The van der Waals surface area contributed by atoms with E-state index < -0.39 is 29.0 Å². The number of benzene rings is 1. The molecule has 0 bridgehead atoms. The van der Waals surface area contributed by atoms with Crippen molar-refractivity contribution in [2.45, 2.75) is 22.5 Å². The van der Waals surface area contributed by atoms with Gasteiger partial charge in [-0.1, -0.05) is 0 Å². The second kappa shape index (κ2) is 8.99. The number of ether oxygens (including phenoxy) is 1. The zero-order valence-corrected chi connectivity index (χ0v) is 17.9. The van der Waals surface area contributed by atoms with E-state index in [1.165, 1.54) is 0 Å². The van der Waals surface area contributed by atoms with Crippen LogP contribution in [-0.2, 0) is 17.1 Å². The van der Waals surface area contributed by atoms with Gasteiger partial charge >= 0.3 is 12.4 Å². The van der Waals surface area contributed by atoms with Crippen LogP contribution in [0, 0.1) is 0 Å². The van der Waals surface area contributed by atoms with Crippen molar-refractivity contribution in [3.8, 4) is 11.4 Å². The Hall–Kier alpha value is -2.58. The fourth-order valence-corrected chi connectivity index (χ4v) is 3.94. The van der Waals surface area contributed by atoms with Crippen LogP contribution >= 0.6 is 23.4 Å². The van der Waals surface area contributed by atoms with Crippen molar-refractivity contribution in [1.82, 2.24) is 25.1 Å². The maximum atomic E-state index is 13.1. The molecule has 3 heterocycles. The minimum absolute atomic E-state index is 0.0265. The van der Waals surface area contributed by atoms with Crippen LogP contribution in [0.1, 0.15) is 11.1 Å². The van der Waals surface area contributed by atoms with Gasteiger partial charge in [-0.25, -0.2) is 15.0 Å². The van der Waals surface area contributed by atoms with E-state index in [-0.39, 0.29) is 22.3 Å². The lowest BCUT2D eigenvalue weighted by Crippen LogP contribution is -2.36. The van der Waals surface area contributed by atoms with E-state index in [9.17, 15) is 26.3 Å². The zero-order chi connectivity index (χ0) is 23.8. The number of hydrogen-bond acceptors (Lipinski definition) is 7. The number of nitrogens with zero attached hydrogens (tertiary/aromatic N) is 5. The summed E-state index contributed by atoms with van der Waals surface area (Å²) >= 11 is 6.93. The van der Waals surface area contributed by atoms with Crippen LogP contribution in [-0.4, -0.2) is 51.5 Å². The molecule has 7 nitrogen and oxygen atoms in total. The average Bonchev–Trinajstić information content (AvgIpc) is 3.21. The number of nitrogens with one attached hydrogen (secondary N) is 1. The van der Waals surface area contributed by atoms with Crippen molar-refractivity contribution < 1.29 is 31.1 Å². The first-order chi connectivity index (χ1) is 15.5. The molecule has 0 aliphatic carbocycles. The number of morpholine rings is 1. The van der Waals surface area contributed by atoms with E-state index in [0.717, 1.165) is 11.8 Å². The SMILES string of the molecule is FC(F)(F)c1cc(-c2nc(Sc3cc(N4CCOCC4)nc(Cl)n3)n[nH]2)cc(C(F)(F)F)c1. The summed E-state index contributed by atoms with van der Waals surface area (Å²) in [7, 11) is 0. The maximum absolute atomic E-state index is 13.1. The highest BCUT2D eigenvalue weighted by Crippen LogP contribution is 2.38. The quantitative estimate of drug-likeness (QED) is 0.302. The summed E-state index contributed by atoms with van der Waals surface area (Å²) < 4.78 is 84.0. The third-order valence-corrected chi connectivity index (χ3v) is 5.47. The van der Waals surface area contributed by atoms with Crippen molar-refractivity contribution in [2.24, 2.45) is 0 Å². The van der Waals surface area contributed by atoms with E-state index in [1.807, 2.05) is 4.90 Å². The normalized spacial score (nSPS) is 15.2. The molecule has 4 rings (SSSR count). The Labute approximate surface area is 191 Å². The molecule has 33 heavy (non-hydrogen) atoms. The molecule has 1 aliphatic rings. The van der Waals surface area contributed by atoms with Gasteiger partial charge < -0.3 is 9.64 Å². The van der Waals surface area contributed by atoms with Crippen molar-refractivity contribution >= 4 is 29.2 Å². The number of rotatable bonds is 4. The number of anilines is 1. The molecule has 176 valence electrons. The summed E-state index contributed by atoms with van der Waals surface area (Å²) in [6.07, 6.45) is -9.94. The van der Waals surface area contributed by atoms with Gasteiger partial charge in [-0.15, -0.1) is 5.10 Å². The lowest BCUT2D eigenvalue weighted by atomic mass is 10.0. The highest BCUT2D eigenvalue weighted by atomic mass is 35.5. The van der Waals surface area contributed by atoms with E-state index in [1.54, 1.807) is 6.07 Å². The van der Waals surface area contributed by atoms with Gasteiger partial charge in [-0.3, -0.25) is 5.10 Å². The first-order valence-corrected chi connectivity index (χ1v) is 10.5. The third kappa shape index (κ3) is 5.68. The molecule has 1 aromatic carbocycles. The number of aromatic amines is 1. The first-order valence-electron chi connectivity index (χ1n) is 9.26. The van der Waals surface area contributed by atoms with Crippen LogP contribution < -0.4 is 4.90 Å². The van der Waals surface area contributed by atoms with Crippen molar-refractivity contribution in [2.75, 3.05) is 31.2 Å². The van der Waals surface area contributed by atoms with Crippen LogP contribution in [0.5, 0.6) is 0 Å². The van der Waals surface area contributed by atoms with Crippen molar-refractivity contribution in [1.29, 1.82) is 0 Å². The van der Waals surface area contributed by atoms with E-state index >= 15 is 0 Å². The molecule has 1 fully saturated rings. The minimum Gasteiger partial charge on any atom is -0.378 e. The maximum Gasteiger partial charge on any atom is 0.416 e. The van der Waals surface area contributed by atoms with Crippen molar-refractivity contribution in [3.05, 3.63) is 40.7 Å². The predicted octanol–water partition coefficient (Wildman–Crippen LogP) is 4.94. The Morgan fingerprint density at radius 1 is 0.909 bits per heavy atom. The van der Waals surface area contributed by atoms with Crippen molar-refractivity contribution in [3.63, 3.8) is 0 Å². The summed E-state index contributed by atoms with van der Waals surface area (Å²) in [5.41, 5.74) is -3.31. The van der Waals surface area contributed by atoms with Gasteiger partial charge in [0.25, 0.3) is 0 Å². The first kappa shape index (κ1) is 23.6. The highest BCUT2D eigenvalue weighted by molar-refractivity contribution is 7.99. The van der Waals surface area contributed by atoms with Gasteiger partial charge in [0.2, 0.25) is 10.4 Å². The van der Waals surface area contributed by atoms with E-state index in [0.29, 0.717) is 49.3 Å². The lowest BCUT2D eigenvalue weighted by Gasteiger charge is -2.27. The van der Waals surface area contributed by atoms with Gasteiger partial charge in [0.15, 0.2) is 5.82 Å². The van der Waals surface area contributed by atoms with Gasteiger partial charge in [-0.05, 0) is 41.6 Å². The lowest BCUT2D eigenvalue weighted by molar-refractivity contribution is -0.143. The Kier molecular flexibility index (Phi) is 6.42. The third-order valence-electron chi connectivity index (χ3n) is 4.52. The van der Waals surface area contributed by atoms with Gasteiger partial charge in [0.1, 0.15) is 10.8 Å². The Morgan fingerprint density at radius 2 is 1.55 bits per heavy atom. The molecule has 0 saturated carbocycles. The molecular weight excluding hydrogens is 498 g/mol. The molecule has 1 saturated heterocycles. The molecule has 0 atom stereocenters. The number of aromatic nitrogens is 5. The molecule has 1 aliphatic heterocycles. The van der Waals surface area contributed by atoms with Crippen LogP contribution in [0.3, 0.4) is 0 Å². The Morgan fingerprint density at radius 3 is 2.15 bits per heavy atom. The molecular formula is C18H13ClF6N6OS. The largest absolute Gasteiger partial charge is 0.416 e. The minimum atomic E-state index is -4.97. The standard InChI is InChI=1S/C18H13ClF6N6OS/c19-15-26-12(31-1-3-32-4-2-31)8-13(27-15)33-16-28-14(29-30-16)9-5-10(17(20,21)22)7-11(6-9)18(23,24)25/h5-8H,1-4H2,(H,28,29,30). The van der Waals surface area contributed by atoms with Crippen LogP contribution in [0.15, 0.2) is 34.4 Å². The number of hydrogen-bond donors (Lipinski definition) is 1. The summed E-state index contributed by atoms with van der Waals surface area (Å²) in [6, 6.07) is 2.82. The number of halogens is 7. The molecule has 0 spiro atoms. The number of alkyl halides is 6. The summed E-state index contributed by atoms with van der Waals surface area (Å²) in [4.78, 5) is 14.2. The molecule has 0 radical (unpaired) electrons. The Balaban J connectivity index is 1.62. The summed E-state index contributed by atoms with van der Waals surface area (Å²) in [5.74, 6) is 0.284. The predicted molar refractivity (Wildman–Crippen MR) is 106 cm³/mol. The molecule has 0 amide bonds. The summed E-state index contributed by atoms with van der Waals surface area (Å²) in [5, 5.41) is 6.58. The second-order valence-electron chi connectivity index (χ2n) is 6.80. The molecule has 2 aromatic heterocycles. The second-order valence-corrected chi connectivity index (χ2v) is 8.12. The summed E-state index contributed by atoms with van der Waals surface area (Å²) in [6.45, 7) is 2.23. The van der Waals surface area contributed by atoms with Crippen LogP contribution in [0.25, 0.3) is 11.4 Å². The fraction of sp³-hybridized carbons (Fsp3) is 0.333. The monoisotopic (exact) mass is 510 g/mol. The van der Waals surface area contributed by atoms with Gasteiger partial charge in [0.05, 0.1) is 24.3 Å². The van der Waals surface area contributed by atoms with Crippen LogP contribution in [0.2, 0.25) is 5.28 Å². The van der Waals surface area contributed by atoms with Gasteiger partial charge in [0, 0.05) is 24.7 Å². The molecule has 3 aromatic rings. The highest BCUT2D eigenvalue weighted by Gasteiger charge is 2.37.